The molecule has 0 N–H and O–H groups in total. The van der Waals surface area contributed by atoms with Gasteiger partial charge in [0, 0.05) is 38.3 Å². The topological polar surface area (TPSA) is 69.5 Å². The van der Waals surface area contributed by atoms with Crippen molar-refractivity contribution in [3.05, 3.63) is 77.5 Å². The average Bonchev–Trinajstić information content (AvgIpc) is 2.77. The van der Waals surface area contributed by atoms with Gasteiger partial charge in [-0.3, -0.25) is 0 Å². The van der Waals surface area contributed by atoms with Gasteiger partial charge in [-0.1, -0.05) is 71.3 Å². The molecule has 155 valence electrons. The van der Waals surface area contributed by atoms with E-state index in [9.17, 15) is 4.79 Å². The minimum atomic E-state index is 0. The number of oxime groups is 2. The van der Waals surface area contributed by atoms with Gasteiger partial charge in [0.05, 0.1) is 13.4 Å². The molecule has 2 aromatic carbocycles. The Hall–Kier alpha value is -2.31. The van der Waals surface area contributed by atoms with E-state index in [0.717, 1.165) is 11.1 Å². The van der Waals surface area contributed by atoms with Crippen LogP contribution in [0.3, 0.4) is 0 Å². The second-order valence-corrected chi connectivity index (χ2v) is 5.92. The first-order valence-electron chi connectivity index (χ1n) is 9.39. The van der Waals surface area contributed by atoms with Crippen LogP contribution in [0, 0.1) is 0 Å². The molecule has 0 spiro atoms. The SMILES string of the molecule is CCO/N=C(/C(CC)=NOCc1ccccc1C([C-]=O)=COC)c1ccccc1.[Y]. The molecular formula is C23H25N2O4Y-. The summed E-state index contributed by atoms with van der Waals surface area (Å²) < 4.78 is 4.96. The van der Waals surface area contributed by atoms with Crippen LogP contribution in [0.1, 0.15) is 37.0 Å². The Morgan fingerprint density at radius 1 is 1.00 bits per heavy atom. The Balaban J connectivity index is 0.00000450. The maximum atomic E-state index is 11.3. The van der Waals surface area contributed by atoms with Crippen molar-refractivity contribution >= 4 is 23.3 Å². The van der Waals surface area contributed by atoms with Gasteiger partial charge in [0.2, 0.25) is 0 Å². The van der Waals surface area contributed by atoms with Gasteiger partial charge in [-0.2, -0.15) is 0 Å². The minimum absolute atomic E-state index is 0. The van der Waals surface area contributed by atoms with Crippen LogP contribution < -0.4 is 0 Å². The first-order valence-corrected chi connectivity index (χ1v) is 9.39. The third-order valence-corrected chi connectivity index (χ3v) is 3.99. The number of allylic oxidation sites excluding steroid dienone is 1. The first-order chi connectivity index (χ1) is 14.2. The monoisotopic (exact) mass is 482 g/mol. The van der Waals surface area contributed by atoms with E-state index >= 15 is 0 Å². The molecule has 0 aliphatic carbocycles. The smallest absolute Gasteiger partial charge is 0.134 e. The van der Waals surface area contributed by atoms with E-state index in [2.05, 4.69) is 10.3 Å². The van der Waals surface area contributed by atoms with Crippen LogP contribution >= 0.6 is 0 Å². The third kappa shape index (κ3) is 7.50. The summed E-state index contributed by atoms with van der Waals surface area (Å²) >= 11 is 0. The molecule has 30 heavy (non-hydrogen) atoms. The number of benzene rings is 2. The number of methoxy groups -OCH3 is 1. The molecule has 0 fully saturated rings. The normalized spacial score (nSPS) is 12.0. The Morgan fingerprint density at radius 2 is 1.70 bits per heavy atom. The standard InChI is InChI=1S/C23H25N2O4.Y/c1-4-22(23(25-28-5-2)18-11-7-6-8-12-18)24-29-17-19-13-9-10-14-21(19)20(15-26)16-27-3;/h6-14,16H,4-5,17H2,1-3H3;/q-1;/b20-16?,24-22?,25-23+;. The molecule has 0 atom stereocenters. The summed E-state index contributed by atoms with van der Waals surface area (Å²) in [6, 6.07) is 17.1. The van der Waals surface area contributed by atoms with Gasteiger partial charge in [-0.05, 0) is 19.6 Å². The Morgan fingerprint density at radius 3 is 2.33 bits per heavy atom. The predicted molar refractivity (Wildman–Crippen MR) is 114 cm³/mol. The van der Waals surface area contributed by atoms with Crippen LogP contribution in [-0.2, 0) is 58.5 Å². The largest absolute Gasteiger partial charge is 0.561 e. The van der Waals surface area contributed by atoms with E-state index < -0.39 is 0 Å². The summed E-state index contributed by atoms with van der Waals surface area (Å²) in [4.78, 5) is 22.2. The second kappa shape index (κ2) is 14.6. The predicted octanol–water partition coefficient (Wildman–Crippen LogP) is 4.50. The molecule has 6 nitrogen and oxygen atoms in total. The van der Waals surface area contributed by atoms with Crippen molar-refractivity contribution in [1.29, 1.82) is 0 Å². The molecule has 0 unspecified atom stereocenters. The van der Waals surface area contributed by atoms with E-state index in [-0.39, 0.29) is 39.3 Å². The molecule has 0 saturated carbocycles. The van der Waals surface area contributed by atoms with Gasteiger partial charge in [0.1, 0.15) is 24.6 Å². The summed E-state index contributed by atoms with van der Waals surface area (Å²) in [5.41, 5.74) is 3.98. The van der Waals surface area contributed by atoms with Crippen molar-refractivity contribution in [2.24, 2.45) is 10.3 Å². The van der Waals surface area contributed by atoms with Gasteiger partial charge in [0.15, 0.2) is 0 Å². The Labute approximate surface area is 202 Å². The number of rotatable bonds is 11. The summed E-state index contributed by atoms with van der Waals surface area (Å²) in [5, 5.41) is 8.52. The molecular weight excluding hydrogens is 457 g/mol. The summed E-state index contributed by atoms with van der Waals surface area (Å²) in [5.74, 6) is 0. The van der Waals surface area contributed by atoms with Crippen LogP contribution in [0.4, 0.5) is 0 Å². The number of ether oxygens (including phenoxy) is 1. The molecule has 0 aliphatic heterocycles. The van der Waals surface area contributed by atoms with Crippen LogP contribution in [0.5, 0.6) is 0 Å². The number of carbonyl (C=O) groups excluding carboxylic acids is 1. The van der Waals surface area contributed by atoms with Crippen molar-refractivity contribution in [2.75, 3.05) is 13.7 Å². The fraction of sp³-hybridized carbons (Fsp3) is 0.261. The zero-order chi connectivity index (χ0) is 20.9. The molecule has 2 rings (SSSR count). The Kier molecular flexibility index (Phi) is 12.6. The van der Waals surface area contributed by atoms with Gasteiger partial charge in [0.25, 0.3) is 0 Å². The third-order valence-electron chi connectivity index (χ3n) is 3.99. The van der Waals surface area contributed by atoms with Crippen LogP contribution in [-0.4, -0.2) is 31.4 Å². The zero-order valence-corrected chi connectivity index (χ0v) is 20.3. The average molecular weight is 482 g/mol. The van der Waals surface area contributed by atoms with Crippen LogP contribution in [0.2, 0.25) is 0 Å². The molecule has 0 amide bonds. The Bertz CT molecular complexity index is 880. The van der Waals surface area contributed by atoms with Gasteiger partial charge in [-0.15, -0.1) is 17.2 Å². The molecule has 0 saturated heterocycles. The van der Waals surface area contributed by atoms with Gasteiger partial charge in [-0.25, -0.2) is 0 Å². The molecule has 7 heteroatoms. The fourth-order valence-corrected chi connectivity index (χ4v) is 2.62. The van der Waals surface area contributed by atoms with Gasteiger partial charge < -0.3 is 19.2 Å². The second-order valence-electron chi connectivity index (χ2n) is 5.92. The number of nitrogens with zero attached hydrogens (tertiary/aromatic N) is 2. The number of hydrogen-bond donors (Lipinski definition) is 0. The van der Waals surface area contributed by atoms with Crippen LogP contribution in [0.25, 0.3) is 5.57 Å². The first kappa shape index (κ1) is 25.7. The summed E-state index contributed by atoms with van der Waals surface area (Å²) in [6.45, 7) is 4.48. The van der Waals surface area contributed by atoms with E-state index in [0.29, 0.717) is 35.6 Å². The zero-order valence-electron chi connectivity index (χ0n) is 17.5. The minimum Gasteiger partial charge on any atom is -0.561 e. The van der Waals surface area contributed by atoms with Crippen molar-refractivity contribution in [1.82, 2.24) is 0 Å². The molecule has 0 aliphatic rings. The van der Waals surface area contributed by atoms with E-state index in [1.807, 2.05) is 74.7 Å². The van der Waals surface area contributed by atoms with Crippen LogP contribution in [0.15, 0.2) is 71.2 Å². The number of hydrogen-bond acceptors (Lipinski definition) is 6. The van der Waals surface area contributed by atoms with Crippen molar-refractivity contribution < 1.29 is 51.9 Å². The van der Waals surface area contributed by atoms with E-state index in [1.54, 1.807) is 0 Å². The molecule has 0 aromatic heterocycles. The fourth-order valence-electron chi connectivity index (χ4n) is 2.62. The molecule has 0 bridgehead atoms. The maximum absolute atomic E-state index is 11.3. The van der Waals surface area contributed by atoms with Crippen molar-refractivity contribution in [3.63, 3.8) is 0 Å². The van der Waals surface area contributed by atoms with Gasteiger partial charge >= 0.3 is 0 Å². The van der Waals surface area contributed by atoms with Crippen molar-refractivity contribution in [3.8, 4) is 0 Å². The quantitative estimate of drug-likeness (QED) is 0.156. The van der Waals surface area contributed by atoms with E-state index in [1.165, 1.54) is 13.4 Å². The molecule has 0 heterocycles. The summed E-state index contributed by atoms with van der Waals surface area (Å²) in [6.07, 6.45) is 3.86. The van der Waals surface area contributed by atoms with Crippen molar-refractivity contribution in [2.45, 2.75) is 26.9 Å². The maximum Gasteiger partial charge on any atom is 0.134 e. The summed E-state index contributed by atoms with van der Waals surface area (Å²) in [7, 11) is 1.48. The molecule has 1 radical (unpaired) electrons. The van der Waals surface area contributed by atoms with E-state index in [4.69, 9.17) is 14.4 Å². The molecule has 2 aromatic rings.